The molecule has 1 aromatic carbocycles. The predicted octanol–water partition coefficient (Wildman–Crippen LogP) is 1.98. The molecule has 0 radical (unpaired) electrons. The number of amides is 2. The molecule has 0 spiro atoms. The van der Waals surface area contributed by atoms with Crippen molar-refractivity contribution < 1.29 is 4.79 Å². The highest BCUT2D eigenvalue weighted by Gasteiger charge is 2.26. The molecule has 18 heavy (non-hydrogen) atoms. The van der Waals surface area contributed by atoms with Crippen molar-refractivity contribution in [2.75, 3.05) is 31.6 Å². The van der Waals surface area contributed by atoms with Crippen LogP contribution in [0.25, 0.3) is 0 Å². The van der Waals surface area contributed by atoms with Gasteiger partial charge in [0.2, 0.25) is 0 Å². The summed E-state index contributed by atoms with van der Waals surface area (Å²) in [5.74, 6) is 0. The molecule has 2 aliphatic rings. The van der Waals surface area contributed by atoms with Gasteiger partial charge in [-0.1, -0.05) is 12.1 Å². The van der Waals surface area contributed by atoms with Gasteiger partial charge in [0.05, 0.1) is 0 Å². The molecule has 4 nitrogen and oxygen atoms in total. The van der Waals surface area contributed by atoms with Crippen molar-refractivity contribution >= 4 is 11.7 Å². The minimum absolute atomic E-state index is 0.0988. The van der Waals surface area contributed by atoms with E-state index in [4.69, 9.17) is 0 Å². The number of benzene rings is 1. The lowest BCUT2D eigenvalue weighted by molar-refractivity contribution is 0.229. The van der Waals surface area contributed by atoms with Crippen molar-refractivity contribution in [3.8, 4) is 0 Å². The Kier molecular flexibility index (Phi) is 2.96. The Hall–Kier alpha value is -1.55. The third-order valence-electron chi connectivity index (χ3n) is 3.88. The van der Waals surface area contributed by atoms with E-state index >= 15 is 0 Å². The second-order valence-electron chi connectivity index (χ2n) is 5.10. The van der Waals surface area contributed by atoms with E-state index in [-0.39, 0.29) is 6.03 Å². The lowest BCUT2D eigenvalue weighted by Crippen LogP contribution is -2.29. The topological polar surface area (TPSA) is 35.6 Å². The van der Waals surface area contributed by atoms with Crippen LogP contribution in [-0.4, -0.2) is 37.6 Å². The van der Waals surface area contributed by atoms with E-state index in [9.17, 15) is 4.79 Å². The highest BCUT2D eigenvalue weighted by Crippen LogP contribution is 2.26. The van der Waals surface area contributed by atoms with Gasteiger partial charge in [0.25, 0.3) is 0 Å². The maximum absolute atomic E-state index is 11.9. The Morgan fingerprint density at radius 1 is 1.22 bits per heavy atom. The van der Waals surface area contributed by atoms with Gasteiger partial charge in [0.1, 0.15) is 0 Å². The van der Waals surface area contributed by atoms with Gasteiger partial charge in [-0.05, 0) is 37.1 Å². The van der Waals surface area contributed by atoms with E-state index in [1.165, 1.54) is 18.4 Å². The minimum atomic E-state index is 0.0988. The maximum Gasteiger partial charge on any atom is 0.324 e. The molecular weight excluding hydrogens is 226 g/mol. The summed E-state index contributed by atoms with van der Waals surface area (Å²) in [5.41, 5.74) is 2.34. The van der Waals surface area contributed by atoms with Gasteiger partial charge in [-0.2, -0.15) is 0 Å². The fraction of sp³-hybridized carbons (Fsp3) is 0.500. The predicted molar refractivity (Wildman–Crippen MR) is 71.8 cm³/mol. The molecule has 1 atom stereocenters. The summed E-state index contributed by atoms with van der Waals surface area (Å²) in [7, 11) is 1.85. The average molecular weight is 245 g/mol. The highest BCUT2D eigenvalue weighted by atomic mass is 16.2. The van der Waals surface area contributed by atoms with Gasteiger partial charge >= 0.3 is 6.03 Å². The van der Waals surface area contributed by atoms with E-state index < -0.39 is 0 Å². The van der Waals surface area contributed by atoms with E-state index in [1.54, 1.807) is 4.90 Å². The molecule has 1 unspecified atom stereocenters. The zero-order valence-electron chi connectivity index (χ0n) is 10.7. The van der Waals surface area contributed by atoms with Gasteiger partial charge in [0, 0.05) is 31.9 Å². The zero-order valence-corrected chi connectivity index (χ0v) is 10.7. The first kappa shape index (κ1) is 11.5. The molecular formula is C14H19N3O. The van der Waals surface area contributed by atoms with E-state index in [0.717, 1.165) is 25.3 Å². The standard InChI is InChI=1S/C14H19N3O/c1-16-9-10-17(14(16)18)12-6-4-11(5-7-12)13-3-2-8-15-13/h4-7,13,15H,2-3,8-10H2,1H3. The highest BCUT2D eigenvalue weighted by molar-refractivity contribution is 5.93. The monoisotopic (exact) mass is 245 g/mol. The molecule has 0 aromatic heterocycles. The number of hydrogen-bond donors (Lipinski definition) is 1. The van der Waals surface area contributed by atoms with E-state index in [1.807, 2.05) is 11.9 Å². The first-order valence-electron chi connectivity index (χ1n) is 6.62. The number of anilines is 1. The van der Waals surface area contributed by atoms with Gasteiger partial charge in [-0.25, -0.2) is 4.79 Å². The summed E-state index contributed by atoms with van der Waals surface area (Å²) in [6.45, 7) is 2.71. The van der Waals surface area contributed by atoms with E-state index in [0.29, 0.717) is 6.04 Å². The zero-order chi connectivity index (χ0) is 12.5. The number of likely N-dealkylation sites (N-methyl/N-ethyl adjacent to an activating group) is 1. The molecule has 3 rings (SSSR count). The molecule has 2 aliphatic heterocycles. The van der Waals surface area contributed by atoms with Crippen LogP contribution in [0.3, 0.4) is 0 Å². The first-order valence-corrected chi connectivity index (χ1v) is 6.62. The normalized spacial score (nSPS) is 24.1. The number of nitrogens with zero attached hydrogens (tertiary/aromatic N) is 2. The summed E-state index contributed by atoms with van der Waals surface area (Å²) in [6, 6.07) is 9.00. The smallest absolute Gasteiger partial charge is 0.324 e. The second kappa shape index (κ2) is 4.61. The summed E-state index contributed by atoms with van der Waals surface area (Å²) in [4.78, 5) is 15.5. The van der Waals surface area contributed by atoms with Crippen molar-refractivity contribution in [2.45, 2.75) is 18.9 Å². The molecule has 1 aromatic rings. The molecule has 2 amide bonds. The van der Waals surface area contributed by atoms with Crippen LogP contribution < -0.4 is 10.2 Å². The first-order chi connectivity index (χ1) is 8.75. The summed E-state index contributed by atoms with van der Waals surface area (Å²) in [6.07, 6.45) is 2.46. The van der Waals surface area contributed by atoms with Gasteiger partial charge in [0.15, 0.2) is 0 Å². The molecule has 2 heterocycles. The maximum atomic E-state index is 11.9. The SMILES string of the molecule is CN1CCN(c2ccc(C3CCCN3)cc2)C1=O. The Bertz CT molecular complexity index is 437. The van der Waals surface area contributed by atoms with Crippen molar-refractivity contribution in [3.05, 3.63) is 29.8 Å². The molecule has 0 aliphatic carbocycles. The number of nitrogens with one attached hydrogen (secondary N) is 1. The summed E-state index contributed by atoms with van der Waals surface area (Å²) in [5, 5.41) is 3.49. The molecule has 1 N–H and O–H groups in total. The minimum Gasteiger partial charge on any atom is -0.326 e. The molecule has 2 fully saturated rings. The number of urea groups is 1. The van der Waals surface area contributed by atoms with Crippen LogP contribution in [0, 0.1) is 0 Å². The van der Waals surface area contributed by atoms with Gasteiger partial charge in [-0.3, -0.25) is 4.90 Å². The summed E-state index contributed by atoms with van der Waals surface area (Å²) >= 11 is 0. The van der Waals surface area contributed by atoms with Crippen LogP contribution in [0.5, 0.6) is 0 Å². The third kappa shape index (κ3) is 1.97. The molecule has 4 heteroatoms. The number of hydrogen-bond acceptors (Lipinski definition) is 2. The Balaban J connectivity index is 1.76. The van der Waals surface area contributed by atoms with Crippen molar-refractivity contribution in [3.63, 3.8) is 0 Å². The second-order valence-corrected chi connectivity index (χ2v) is 5.10. The lowest BCUT2D eigenvalue weighted by atomic mass is 10.1. The Morgan fingerprint density at radius 2 is 2.00 bits per heavy atom. The van der Waals surface area contributed by atoms with Crippen LogP contribution >= 0.6 is 0 Å². The Morgan fingerprint density at radius 3 is 2.56 bits per heavy atom. The molecule has 0 saturated carbocycles. The lowest BCUT2D eigenvalue weighted by Gasteiger charge is -2.17. The average Bonchev–Trinajstić information content (AvgIpc) is 3.02. The number of carbonyl (C=O) groups is 1. The van der Waals surface area contributed by atoms with Crippen LogP contribution in [-0.2, 0) is 0 Å². The summed E-state index contributed by atoms with van der Waals surface area (Å²) < 4.78 is 0. The van der Waals surface area contributed by atoms with Gasteiger partial charge in [-0.15, -0.1) is 0 Å². The molecule has 96 valence electrons. The van der Waals surface area contributed by atoms with Crippen LogP contribution in [0.2, 0.25) is 0 Å². The quantitative estimate of drug-likeness (QED) is 0.865. The van der Waals surface area contributed by atoms with Crippen LogP contribution in [0.15, 0.2) is 24.3 Å². The van der Waals surface area contributed by atoms with Crippen LogP contribution in [0.4, 0.5) is 10.5 Å². The van der Waals surface area contributed by atoms with Crippen molar-refractivity contribution in [2.24, 2.45) is 0 Å². The fourth-order valence-corrected chi connectivity index (χ4v) is 2.74. The van der Waals surface area contributed by atoms with Gasteiger partial charge < -0.3 is 10.2 Å². The van der Waals surface area contributed by atoms with E-state index in [2.05, 4.69) is 29.6 Å². The van der Waals surface area contributed by atoms with Crippen LogP contribution in [0.1, 0.15) is 24.4 Å². The van der Waals surface area contributed by atoms with Crippen molar-refractivity contribution in [1.82, 2.24) is 10.2 Å². The third-order valence-corrected chi connectivity index (χ3v) is 3.88. The number of carbonyl (C=O) groups excluding carboxylic acids is 1. The van der Waals surface area contributed by atoms with Crippen molar-refractivity contribution in [1.29, 1.82) is 0 Å². The fourth-order valence-electron chi connectivity index (χ4n) is 2.74. The Labute approximate surface area is 108 Å². The largest absolute Gasteiger partial charge is 0.326 e. The molecule has 2 saturated heterocycles. The number of rotatable bonds is 2. The molecule has 0 bridgehead atoms.